The highest BCUT2D eigenvalue weighted by molar-refractivity contribution is 8.01. The molecule has 3 atom stereocenters. The number of nitrogens with one attached hydrogen (secondary N) is 1. The Morgan fingerprint density at radius 3 is 2.07 bits per heavy atom. The third kappa shape index (κ3) is 6.23. The van der Waals surface area contributed by atoms with E-state index in [0.29, 0.717) is 6.42 Å². The van der Waals surface area contributed by atoms with E-state index in [2.05, 4.69) is 12.2 Å². The summed E-state index contributed by atoms with van der Waals surface area (Å²) >= 11 is 1.57. The Morgan fingerprint density at radius 1 is 1.15 bits per heavy atom. The topological polar surface area (TPSA) is 66.5 Å². The molecule has 3 unspecified atom stereocenters. The van der Waals surface area contributed by atoms with E-state index in [-0.39, 0.29) is 40.2 Å². The normalized spacial score (nSPS) is 22.0. The largest absolute Gasteiger partial charge is 0.351 e. The molecule has 3 amide bonds. The number of likely N-dealkylation sites (tertiary alicyclic amines) is 1. The Kier molecular flexibility index (Phi) is 7.59. The highest BCUT2D eigenvalue weighted by Crippen LogP contribution is 2.39. The molecule has 0 spiro atoms. The van der Waals surface area contributed by atoms with Crippen molar-refractivity contribution in [2.75, 3.05) is 0 Å². The predicted molar refractivity (Wildman–Crippen MR) is 113 cm³/mol. The Hall–Kier alpha value is -1.04. The highest BCUT2D eigenvalue weighted by atomic mass is 32.2. The van der Waals surface area contributed by atoms with Gasteiger partial charge < -0.3 is 5.32 Å². The van der Waals surface area contributed by atoms with Gasteiger partial charge in [-0.05, 0) is 60.8 Å². The van der Waals surface area contributed by atoms with Crippen LogP contribution in [0.5, 0.6) is 0 Å². The van der Waals surface area contributed by atoms with E-state index in [0.717, 1.165) is 12.8 Å². The van der Waals surface area contributed by atoms with Crippen LogP contribution in [-0.2, 0) is 14.4 Å². The van der Waals surface area contributed by atoms with Crippen molar-refractivity contribution in [1.82, 2.24) is 10.2 Å². The first-order valence-electron chi connectivity index (χ1n) is 9.99. The van der Waals surface area contributed by atoms with E-state index >= 15 is 0 Å². The number of nitrogens with zero attached hydrogens (tertiary/aromatic N) is 1. The maximum absolute atomic E-state index is 12.9. The molecule has 0 radical (unpaired) electrons. The Labute approximate surface area is 169 Å². The molecular formula is C21H38N2O3S. The second-order valence-corrected chi connectivity index (χ2v) is 11.4. The zero-order chi connectivity index (χ0) is 21.2. The summed E-state index contributed by atoms with van der Waals surface area (Å²) < 4.78 is 0. The maximum Gasteiger partial charge on any atom is 0.243 e. The molecule has 1 heterocycles. The van der Waals surface area contributed by atoms with Crippen LogP contribution in [0.1, 0.15) is 88.0 Å². The third-order valence-corrected chi connectivity index (χ3v) is 6.67. The molecule has 1 fully saturated rings. The van der Waals surface area contributed by atoms with Gasteiger partial charge in [0.2, 0.25) is 17.7 Å². The quantitative estimate of drug-likeness (QED) is 0.654. The number of carbonyl (C=O) groups is 3. The summed E-state index contributed by atoms with van der Waals surface area (Å²) in [7, 11) is 0. The van der Waals surface area contributed by atoms with Crippen LogP contribution in [0.25, 0.3) is 0 Å². The van der Waals surface area contributed by atoms with E-state index < -0.39 is 11.0 Å². The summed E-state index contributed by atoms with van der Waals surface area (Å²) in [5.41, 5.74) is -1.25. The second-order valence-electron chi connectivity index (χ2n) is 9.92. The van der Waals surface area contributed by atoms with Crippen LogP contribution in [0.3, 0.4) is 0 Å². The fourth-order valence-corrected chi connectivity index (χ4v) is 4.91. The average molecular weight is 399 g/mol. The van der Waals surface area contributed by atoms with Gasteiger partial charge in [0.1, 0.15) is 0 Å². The van der Waals surface area contributed by atoms with Gasteiger partial charge in [-0.2, -0.15) is 0 Å². The summed E-state index contributed by atoms with van der Waals surface area (Å²) in [5, 5.41) is 2.91. The Bertz CT molecular complexity index is 577. The van der Waals surface area contributed by atoms with Gasteiger partial charge in [0.15, 0.2) is 0 Å². The smallest absolute Gasteiger partial charge is 0.243 e. The molecular weight excluding hydrogens is 360 g/mol. The van der Waals surface area contributed by atoms with E-state index in [1.807, 2.05) is 55.4 Å². The standard InChI is InChI=1S/C21H38N2O3S/c1-10-14(13-21(9,11-2)18(26)22-19(3,4)5)27-15-12-16(24)23(17(15)25)20(6,7)8/h14-15H,10-13H2,1-9H3,(H,22,26). The fourth-order valence-electron chi connectivity index (χ4n) is 3.33. The van der Waals surface area contributed by atoms with E-state index in [9.17, 15) is 14.4 Å². The van der Waals surface area contributed by atoms with Gasteiger partial charge in [0.05, 0.1) is 5.25 Å². The van der Waals surface area contributed by atoms with Crippen molar-refractivity contribution in [3.63, 3.8) is 0 Å². The van der Waals surface area contributed by atoms with Gasteiger partial charge in [0.25, 0.3) is 0 Å². The molecule has 0 aliphatic carbocycles. The lowest BCUT2D eigenvalue weighted by Crippen LogP contribution is -2.49. The lowest BCUT2D eigenvalue weighted by Gasteiger charge is -2.34. The SMILES string of the molecule is CCC(CC(C)(CC)C(=O)NC(C)(C)C)SC1CC(=O)N(C(C)(C)C)C1=O. The van der Waals surface area contributed by atoms with Crippen LogP contribution in [0.4, 0.5) is 0 Å². The Morgan fingerprint density at radius 2 is 1.70 bits per heavy atom. The second kappa shape index (κ2) is 8.54. The number of imide groups is 1. The molecule has 1 aliphatic heterocycles. The van der Waals surface area contributed by atoms with Crippen molar-refractivity contribution in [3.05, 3.63) is 0 Å². The summed E-state index contributed by atoms with van der Waals surface area (Å²) in [6, 6.07) is 0. The number of carbonyl (C=O) groups excluding carboxylic acids is 3. The molecule has 0 bridgehead atoms. The zero-order valence-corrected chi connectivity index (χ0v) is 19.4. The molecule has 0 aromatic rings. The number of hydrogen-bond acceptors (Lipinski definition) is 4. The summed E-state index contributed by atoms with van der Waals surface area (Å²) in [6.07, 6.45) is 2.54. The first kappa shape index (κ1) is 24.0. The Balaban J connectivity index is 2.88. The van der Waals surface area contributed by atoms with Gasteiger partial charge in [-0.1, -0.05) is 20.8 Å². The fraction of sp³-hybridized carbons (Fsp3) is 0.857. The predicted octanol–water partition coefficient (Wildman–Crippen LogP) is 4.15. The minimum Gasteiger partial charge on any atom is -0.351 e. The molecule has 156 valence electrons. The lowest BCUT2D eigenvalue weighted by atomic mass is 9.80. The van der Waals surface area contributed by atoms with Crippen molar-refractivity contribution in [2.45, 2.75) is 110 Å². The summed E-state index contributed by atoms with van der Waals surface area (Å²) in [6.45, 7) is 17.7. The van der Waals surface area contributed by atoms with Crippen molar-refractivity contribution in [3.8, 4) is 0 Å². The number of amides is 3. The highest BCUT2D eigenvalue weighted by Gasteiger charge is 2.45. The molecule has 5 nitrogen and oxygen atoms in total. The van der Waals surface area contributed by atoms with Crippen LogP contribution in [0, 0.1) is 5.41 Å². The van der Waals surface area contributed by atoms with Crippen molar-refractivity contribution in [1.29, 1.82) is 0 Å². The molecule has 1 N–H and O–H groups in total. The van der Waals surface area contributed by atoms with Crippen LogP contribution in [0.15, 0.2) is 0 Å². The minimum atomic E-state index is -0.490. The maximum atomic E-state index is 12.9. The molecule has 6 heteroatoms. The van der Waals surface area contributed by atoms with Crippen molar-refractivity contribution >= 4 is 29.5 Å². The first-order chi connectivity index (χ1) is 12.1. The molecule has 0 aromatic heterocycles. The van der Waals surface area contributed by atoms with Crippen LogP contribution >= 0.6 is 11.8 Å². The molecule has 0 aromatic carbocycles. The zero-order valence-electron chi connectivity index (χ0n) is 18.6. The monoisotopic (exact) mass is 398 g/mol. The van der Waals surface area contributed by atoms with Gasteiger partial charge in [-0.3, -0.25) is 19.3 Å². The number of thioether (sulfide) groups is 1. The van der Waals surface area contributed by atoms with Gasteiger partial charge in [-0.25, -0.2) is 0 Å². The average Bonchev–Trinajstić information content (AvgIpc) is 2.78. The van der Waals surface area contributed by atoms with E-state index in [1.165, 1.54) is 4.90 Å². The van der Waals surface area contributed by atoms with E-state index in [1.54, 1.807) is 11.8 Å². The third-order valence-electron chi connectivity index (χ3n) is 5.08. The molecule has 1 rings (SSSR count). The molecule has 0 saturated carbocycles. The van der Waals surface area contributed by atoms with Crippen LogP contribution in [-0.4, -0.2) is 44.2 Å². The number of hydrogen-bond donors (Lipinski definition) is 1. The van der Waals surface area contributed by atoms with E-state index in [4.69, 9.17) is 0 Å². The molecule has 1 aliphatic rings. The molecule has 1 saturated heterocycles. The summed E-state index contributed by atoms with van der Waals surface area (Å²) in [4.78, 5) is 39.4. The lowest BCUT2D eigenvalue weighted by molar-refractivity contribution is -0.143. The number of rotatable bonds is 7. The van der Waals surface area contributed by atoms with Gasteiger partial charge in [-0.15, -0.1) is 11.8 Å². The molecule has 27 heavy (non-hydrogen) atoms. The van der Waals surface area contributed by atoms with Crippen LogP contribution in [0.2, 0.25) is 0 Å². The van der Waals surface area contributed by atoms with Crippen molar-refractivity contribution in [2.24, 2.45) is 5.41 Å². The summed E-state index contributed by atoms with van der Waals surface area (Å²) in [5.74, 6) is -0.126. The first-order valence-corrected chi connectivity index (χ1v) is 10.9. The van der Waals surface area contributed by atoms with Gasteiger partial charge >= 0.3 is 0 Å². The van der Waals surface area contributed by atoms with Crippen molar-refractivity contribution < 1.29 is 14.4 Å². The van der Waals surface area contributed by atoms with Gasteiger partial charge in [0, 0.05) is 28.2 Å². The minimum absolute atomic E-state index is 0.0571. The van der Waals surface area contributed by atoms with Crippen LogP contribution < -0.4 is 5.32 Å².